The Kier molecular flexibility index (Phi) is 5.71. The number of carbonyl (C=O) groups excluding carboxylic acids is 1. The number of nitrogens with zero attached hydrogens (tertiary/aromatic N) is 3. The molecule has 7 nitrogen and oxygen atoms in total. The minimum Gasteiger partial charge on any atom is -0.434 e. The van der Waals surface area contributed by atoms with Crippen molar-refractivity contribution in [2.75, 3.05) is 20.3 Å². The molecule has 5 rings (SSSR count). The average molecular weight is 467 g/mol. The molecule has 3 aromatic rings. The van der Waals surface area contributed by atoms with Crippen LogP contribution in [0.25, 0.3) is 11.0 Å². The van der Waals surface area contributed by atoms with Gasteiger partial charge in [0.2, 0.25) is 0 Å². The van der Waals surface area contributed by atoms with Gasteiger partial charge in [0.15, 0.2) is 0 Å². The number of ether oxygens (including phenoxy) is 2. The molecule has 9 heteroatoms. The van der Waals surface area contributed by atoms with Crippen molar-refractivity contribution < 1.29 is 28.2 Å². The van der Waals surface area contributed by atoms with E-state index in [1.165, 1.54) is 6.07 Å². The summed E-state index contributed by atoms with van der Waals surface area (Å²) in [6, 6.07) is 9.62. The lowest BCUT2D eigenvalue weighted by atomic mass is 9.97. The molecule has 0 saturated heterocycles. The number of rotatable bonds is 5. The van der Waals surface area contributed by atoms with Crippen LogP contribution < -0.4 is 4.74 Å². The highest BCUT2D eigenvalue weighted by Crippen LogP contribution is 2.49. The first-order chi connectivity index (χ1) is 16.4. The number of amides is 1. The Labute approximate surface area is 194 Å². The molecule has 2 aliphatic heterocycles. The van der Waals surface area contributed by atoms with Gasteiger partial charge in [0.1, 0.15) is 18.2 Å². The van der Waals surface area contributed by atoms with E-state index in [1.54, 1.807) is 31.0 Å². The number of alkyl halides is 2. The molecule has 1 N–H and O–H groups in total. The molecule has 1 aromatic heterocycles. The molecule has 2 bridgehead atoms. The van der Waals surface area contributed by atoms with Crippen LogP contribution in [0.2, 0.25) is 0 Å². The zero-order chi connectivity index (χ0) is 24.0. The molecular weight excluding hydrogens is 444 g/mol. The minimum atomic E-state index is -3.00. The molecule has 3 heterocycles. The van der Waals surface area contributed by atoms with E-state index in [1.807, 2.05) is 22.8 Å². The molecule has 0 saturated carbocycles. The average Bonchev–Trinajstić information content (AvgIpc) is 3.34. The van der Waals surface area contributed by atoms with Crippen LogP contribution >= 0.6 is 0 Å². The molecule has 0 aliphatic carbocycles. The summed E-state index contributed by atoms with van der Waals surface area (Å²) in [5.74, 6) is 6.45. The zero-order valence-electron chi connectivity index (χ0n) is 18.7. The lowest BCUT2D eigenvalue weighted by Crippen LogP contribution is -2.30. The fourth-order valence-electron chi connectivity index (χ4n) is 4.73. The third-order valence-corrected chi connectivity index (χ3v) is 6.34. The number of carbonyl (C=O) groups is 1. The number of benzene rings is 2. The largest absolute Gasteiger partial charge is 0.434 e. The van der Waals surface area contributed by atoms with Crippen molar-refractivity contribution in [1.29, 1.82) is 0 Å². The maximum absolute atomic E-state index is 13.2. The van der Waals surface area contributed by atoms with Gasteiger partial charge < -0.3 is 24.0 Å². The first-order valence-electron chi connectivity index (χ1n) is 11.0. The zero-order valence-corrected chi connectivity index (χ0v) is 18.7. The minimum absolute atomic E-state index is 0.000646. The van der Waals surface area contributed by atoms with Gasteiger partial charge in [-0.1, -0.05) is 17.9 Å². The predicted molar refractivity (Wildman–Crippen MR) is 120 cm³/mol. The summed E-state index contributed by atoms with van der Waals surface area (Å²) >= 11 is 0. The third-order valence-electron chi connectivity index (χ3n) is 6.34. The van der Waals surface area contributed by atoms with Gasteiger partial charge in [-0.2, -0.15) is 8.78 Å². The smallest absolute Gasteiger partial charge is 0.387 e. The second-order valence-corrected chi connectivity index (χ2v) is 8.43. The standard InChI is InChI=1S/C25H23F2N3O4/c1-14(13-31)33-10-4-5-15-8-9-17-18(11-15)30-19-12-20(23(30)28-17)29(2)24(32)16-6-3-7-21(22(16)19)34-25(26)27/h3,6-9,11,14,19-20,25,31H,10,12-13H2,1-2H3/t14?,19-,20-/m1/s1. The lowest BCUT2D eigenvalue weighted by molar-refractivity contribution is -0.0507. The second-order valence-electron chi connectivity index (χ2n) is 8.43. The molecule has 0 fully saturated rings. The molecule has 2 aliphatic rings. The fourth-order valence-corrected chi connectivity index (χ4v) is 4.73. The molecule has 0 radical (unpaired) electrons. The Balaban J connectivity index is 1.61. The van der Waals surface area contributed by atoms with Crippen molar-refractivity contribution in [3.8, 4) is 17.6 Å². The number of hydrogen-bond acceptors (Lipinski definition) is 5. The van der Waals surface area contributed by atoms with E-state index < -0.39 is 6.61 Å². The molecule has 2 aromatic carbocycles. The summed E-state index contributed by atoms with van der Waals surface area (Å²) < 4.78 is 38.6. The number of halogens is 2. The summed E-state index contributed by atoms with van der Waals surface area (Å²) in [4.78, 5) is 19.6. The van der Waals surface area contributed by atoms with E-state index in [0.717, 1.165) is 16.6 Å². The molecular formula is C25H23F2N3O4. The van der Waals surface area contributed by atoms with E-state index in [2.05, 4.69) is 11.8 Å². The molecule has 1 unspecified atom stereocenters. The van der Waals surface area contributed by atoms with Crippen LogP contribution in [0.15, 0.2) is 36.4 Å². The first kappa shape index (κ1) is 22.3. The van der Waals surface area contributed by atoms with Gasteiger partial charge in [0.05, 0.1) is 35.8 Å². The van der Waals surface area contributed by atoms with Crippen LogP contribution in [0.1, 0.15) is 52.7 Å². The number of hydrogen-bond donors (Lipinski definition) is 1. The summed E-state index contributed by atoms with van der Waals surface area (Å²) in [6.07, 6.45) is 0.224. The maximum Gasteiger partial charge on any atom is 0.387 e. The van der Waals surface area contributed by atoms with Gasteiger partial charge >= 0.3 is 6.61 Å². The summed E-state index contributed by atoms with van der Waals surface area (Å²) in [5.41, 5.74) is 3.09. The van der Waals surface area contributed by atoms with Gasteiger partial charge in [-0.3, -0.25) is 4.79 Å². The highest BCUT2D eigenvalue weighted by Gasteiger charge is 2.44. The predicted octanol–water partition coefficient (Wildman–Crippen LogP) is 3.51. The van der Waals surface area contributed by atoms with Crippen molar-refractivity contribution in [2.24, 2.45) is 0 Å². The van der Waals surface area contributed by atoms with Crippen molar-refractivity contribution in [3.05, 3.63) is 58.9 Å². The van der Waals surface area contributed by atoms with Crippen molar-refractivity contribution in [1.82, 2.24) is 14.5 Å². The Bertz CT molecular complexity index is 1330. The molecule has 1 amide bonds. The van der Waals surface area contributed by atoms with Gasteiger partial charge in [0, 0.05) is 30.2 Å². The number of aliphatic hydroxyl groups excluding tert-OH is 1. The number of aromatic nitrogens is 2. The number of fused-ring (bicyclic) bond motifs is 9. The monoisotopic (exact) mass is 467 g/mol. The van der Waals surface area contributed by atoms with Crippen LogP contribution in [0.5, 0.6) is 5.75 Å². The van der Waals surface area contributed by atoms with Crippen molar-refractivity contribution in [3.63, 3.8) is 0 Å². The molecule has 0 spiro atoms. The highest BCUT2D eigenvalue weighted by atomic mass is 19.3. The normalized spacial score (nSPS) is 19.5. The van der Waals surface area contributed by atoms with Crippen LogP contribution in [0.3, 0.4) is 0 Å². The Morgan fingerprint density at radius 2 is 2.09 bits per heavy atom. The SMILES string of the molecule is CC(CO)OCC#Cc1ccc2nc3n(c2c1)[C@@H]1C[C@H]3N(C)C(=O)c2cccc(OC(F)F)c21. The molecule has 3 atom stereocenters. The topological polar surface area (TPSA) is 76.8 Å². The summed E-state index contributed by atoms with van der Waals surface area (Å²) in [5, 5.41) is 9.04. The van der Waals surface area contributed by atoms with Crippen LogP contribution in [-0.4, -0.2) is 58.4 Å². The summed E-state index contributed by atoms with van der Waals surface area (Å²) in [7, 11) is 1.71. The number of imidazole rings is 1. The van der Waals surface area contributed by atoms with Crippen LogP contribution in [-0.2, 0) is 4.74 Å². The molecule has 34 heavy (non-hydrogen) atoms. The third kappa shape index (κ3) is 3.69. The number of aliphatic hydroxyl groups is 1. The van der Waals surface area contributed by atoms with E-state index in [-0.39, 0.29) is 43.1 Å². The van der Waals surface area contributed by atoms with Crippen LogP contribution in [0, 0.1) is 11.8 Å². The van der Waals surface area contributed by atoms with Gasteiger partial charge in [0.25, 0.3) is 5.91 Å². The Morgan fingerprint density at radius 1 is 1.26 bits per heavy atom. The van der Waals surface area contributed by atoms with E-state index >= 15 is 0 Å². The highest BCUT2D eigenvalue weighted by molar-refractivity contribution is 5.97. The van der Waals surface area contributed by atoms with Gasteiger partial charge in [-0.05, 0) is 37.3 Å². The lowest BCUT2D eigenvalue weighted by Gasteiger charge is -2.24. The van der Waals surface area contributed by atoms with Gasteiger partial charge in [-0.15, -0.1) is 0 Å². The maximum atomic E-state index is 13.2. The molecule has 176 valence electrons. The Morgan fingerprint density at radius 3 is 2.85 bits per heavy atom. The van der Waals surface area contributed by atoms with Crippen LogP contribution in [0.4, 0.5) is 8.78 Å². The summed E-state index contributed by atoms with van der Waals surface area (Å²) in [6.45, 7) is -1.14. The Hall–Kier alpha value is -3.48. The fraction of sp³-hybridized carbons (Fsp3) is 0.360. The van der Waals surface area contributed by atoms with E-state index in [0.29, 0.717) is 23.4 Å². The van der Waals surface area contributed by atoms with Crippen molar-refractivity contribution in [2.45, 2.75) is 38.1 Å². The van der Waals surface area contributed by atoms with E-state index in [4.69, 9.17) is 19.6 Å². The first-order valence-corrected chi connectivity index (χ1v) is 11.0. The van der Waals surface area contributed by atoms with Crippen molar-refractivity contribution >= 4 is 16.9 Å². The van der Waals surface area contributed by atoms with Gasteiger partial charge in [-0.25, -0.2) is 4.98 Å². The second kappa shape index (κ2) is 8.70. The quantitative estimate of drug-likeness (QED) is 0.582. The van der Waals surface area contributed by atoms with E-state index in [9.17, 15) is 13.6 Å².